The Bertz CT molecular complexity index is 666. The average Bonchev–Trinajstić information content (AvgIpc) is 3.36. The SMILES string of the molecule is CN=C(NCc1ccc(N2CCCC2)nc1)NCC(C)c1cccs1.I. The van der Waals surface area contributed by atoms with E-state index in [1.165, 1.54) is 17.7 Å². The number of nitrogens with zero attached hydrogens (tertiary/aromatic N) is 3. The molecular formula is C19H28IN5S. The van der Waals surface area contributed by atoms with Crippen LogP contribution >= 0.6 is 35.3 Å². The molecule has 26 heavy (non-hydrogen) atoms. The van der Waals surface area contributed by atoms with Gasteiger partial charge in [0.15, 0.2) is 5.96 Å². The summed E-state index contributed by atoms with van der Waals surface area (Å²) in [6, 6.07) is 8.55. The predicted octanol–water partition coefficient (Wildman–Crippen LogP) is 3.83. The fraction of sp³-hybridized carbons (Fsp3) is 0.474. The van der Waals surface area contributed by atoms with Gasteiger partial charge in [-0.1, -0.05) is 19.1 Å². The maximum Gasteiger partial charge on any atom is 0.191 e. The van der Waals surface area contributed by atoms with Crippen LogP contribution in [0.1, 0.15) is 36.1 Å². The zero-order valence-corrected chi connectivity index (χ0v) is 18.6. The number of thiophene rings is 1. The highest BCUT2D eigenvalue weighted by atomic mass is 127. The standard InChI is InChI=1S/C19H27N5S.HI/c1-15(17-6-5-11-25-17)12-22-19(20-2)23-14-16-7-8-18(21-13-16)24-9-3-4-10-24;/h5-8,11,13,15H,3-4,9-10,12,14H2,1-2H3,(H2,20,22,23);1H. The summed E-state index contributed by atoms with van der Waals surface area (Å²) in [6.45, 7) is 6.08. The number of nitrogens with one attached hydrogen (secondary N) is 2. The molecule has 7 heteroatoms. The predicted molar refractivity (Wildman–Crippen MR) is 122 cm³/mol. The van der Waals surface area contributed by atoms with Crippen molar-refractivity contribution in [3.63, 3.8) is 0 Å². The largest absolute Gasteiger partial charge is 0.357 e. The summed E-state index contributed by atoms with van der Waals surface area (Å²) in [5.41, 5.74) is 1.16. The molecule has 3 rings (SSSR count). The molecule has 0 radical (unpaired) electrons. The zero-order valence-electron chi connectivity index (χ0n) is 15.4. The lowest BCUT2D eigenvalue weighted by atomic mass is 10.1. The van der Waals surface area contributed by atoms with E-state index in [4.69, 9.17) is 0 Å². The number of guanidine groups is 1. The van der Waals surface area contributed by atoms with Gasteiger partial charge in [0.25, 0.3) is 0 Å². The van der Waals surface area contributed by atoms with Gasteiger partial charge in [-0.05, 0) is 35.9 Å². The molecule has 0 spiro atoms. The molecule has 1 atom stereocenters. The van der Waals surface area contributed by atoms with E-state index in [1.54, 1.807) is 18.4 Å². The van der Waals surface area contributed by atoms with Crippen molar-refractivity contribution >= 4 is 47.1 Å². The van der Waals surface area contributed by atoms with E-state index >= 15 is 0 Å². The van der Waals surface area contributed by atoms with E-state index in [0.717, 1.165) is 43.5 Å². The molecule has 0 aromatic carbocycles. The molecule has 142 valence electrons. The maximum atomic E-state index is 4.60. The summed E-state index contributed by atoms with van der Waals surface area (Å²) in [5.74, 6) is 2.39. The lowest BCUT2D eigenvalue weighted by Gasteiger charge is -2.17. The van der Waals surface area contributed by atoms with Crippen molar-refractivity contribution in [2.45, 2.75) is 32.2 Å². The van der Waals surface area contributed by atoms with Crippen LogP contribution in [0.4, 0.5) is 5.82 Å². The van der Waals surface area contributed by atoms with E-state index in [9.17, 15) is 0 Å². The highest BCUT2D eigenvalue weighted by Crippen LogP contribution is 2.19. The molecule has 5 nitrogen and oxygen atoms in total. The molecule has 0 saturated carbocycles. The lowest BCUT2D eigenvalue weighted by Crippen LogP contribution is -2.38. The fourth-order valence-corrected chi connectivity index (χ4v) is 3.77. The van der Waals surface area contributed by atoms with Crippen molar-refractivity contribution in [1.82, 2.24) is 15.6 Å². The minimum atomic E-state index is 0. The van der Waals surface area contributed by atoms with Crippen molar-refractivity contribution in [3.8, 4) is 0 Å². The molecule has 0 amide bonds. The maximum absolute atomic E-state index is 4.60. The quantitative estimate of drug-likeness (QED) is 0.371. The summed E-state index contributed by atoms with van der Waals surface area (Å²) >= 11 is 1.80. The summed E-state index contributed by atoms with van der Waals surface area (Å²) in [4.78, 5) is 12.6. The van der Waals surface area contributed by atoms with Crippen LogP contribution in [0, 0.1) is 0 Å². The average molecular weight is 485 g/mol. The third-order valence-electron chi connectivity index (χ3n) is 4.53. The number of halogens is 1. The Morgan fingerprint density at radius 2 is 2.08 bits per heavy atom. The Labute approximate surface area is 177 Å². The van der Waals surface area contributed by atoms with Crippen molar-refractivity contribution in [2.24, 2.45) is 4.99 Å². The summed E-state index contributed by atoms with van der Waals surface area (Å²) in [5, 5.41) is 8.89. The summed E-state index contributed by atoms with van der Waals surface area (Å²) in [7, 11) is 1.81. The third kappa shape index (κ3) is 5.84. The van der Waals surface area contributed by atoms with Crippen molar-refractivity contribution < 1.29 is 0 Å². The van der Waals surface area contributed by atoms with Crippen LogP contribution in [0.15, 0.2) is 40.8 Å². The number of pyridine rings is 1. The van der Waals surface area contributed by atoms with Gasteiger partial charge in [-0.3, -0.25) is 4.99 Å². The van der Waals surface area contributed by atoms with Crippen LogP contribution in [0.3, 0.4) is 0 Å². The molecule has 2 aromatic rings. The van der Waals surface area contributed by atoms with E-state index in [0.29, 0.717) is 5.92 Å². The number of aliphatic imine (C=N–C) groups is 1. The summed E-state index contributed by atoms with van der Waals surface area (Å²) < 4.78 is 0. The van der Waals surface area contributed by atoms with Crippen LogP contribution in [-0.4, -0.2) is 37.6 Å². The number of anilines is 1. The van der Waals surface area contributed by atoms with E-state index < -0.39 is 0 Å². The normalized spacial score (nSPS) is 15.5. The Hall–Kier alpha value is -1.35. The minimum Gasteiger partial charge on any atom is -0.357 e. The van der Waals surface area contributed by atoms with Gasteiger partial charge < -0.3 is 15.5 Å². The number of hydrogen-bond acceptors (Lipinski definition) is 4. The van der Waals surface area contributed by atoms with E-state index in [1.807, 2.05) is 6.20 Å². The number of hydrogen-bond donors (Lipinski definition) is 2. The van der Waals surface area contributed by atoms with Gasteiger partial charge >= 0.3 is 0 Å². The first-order chi connectivity index (χ1) is 12.3. The van der Waals surface area contributed by atoms with Crippen LogP contribution < -0.4 is 15.5 Å². The van der Waals surface area contributed by atoms with Gasteiger partial charge in [-0.2, -0.15) is 0 Å². The molecule has 2 aromatic heterocycles. The molecule has 3 heterocycles. The van der Waals surface area contributed by atoms with Crippen LogP contribution in [-0.2, 0) is 6.54 Å². The smallest absolute Gasteiger partial charge is 0.191 e. The monoisotopic (exact) mass is 485 g/mol. The summed E-state index contributed by atoms with van der Waals surface area (Å²) in [6.07, 6.45) is 4.51. The van der Waals surface area contributed by atoms with Gasteiger partial charge in [0.05, 0.1) is 0 Å². The second-order valence-corrected chi connectivity index (χ2v) is 7.42. The van der Waals surface area contributed by atoms with Crippen LogP contribution in [0.5, 0.6) is 0 Å². The van der Waals surface area contributed by atoms with Crippen molar-refractivity contribution in [3.05, 3.63) is 46.3 Å². The van der Waals surface area contributed by atoms with Gasteiger partial charge in [-0.15, -0.1) is 35.3 Å². The second kappa shape index (κ2) is 10.7. The molecule has 0 aliphatic carbocycles. The van der Waals surface area contributed by atoms with Crippen molar-refractivity contribution in [2.75, 3.05) is 31.6 Å². The molecule has 0 bridgehead atoms. The first-order valence-corrected chi connectivity index (χ1v) is 9.82. The topological polar surface area (TPSA) is 52.6 Å². The third-order valence-corrected chi connectivity index (χ3v) is 5.63. The molecule has 2 N–H and O–H groups in total. The Balaban J connectivity index is 0.00000243. The van der Waals surface area contributed by atoms with Crippen LogP contribution in [0.25, 0.3) is 0 Å². The first kappa shape index (κ1) is 21.0. The molecule has 1 unspecified atom stereocenters. The fourth-order valence-electron chi connectivity index (χ4n) is 2.98. The van der Waals surface area contributed by atoms with Gasteiger partial charge in [0, 0.05) is 50.2 Å². The molecule has 1 aliphatic heterocycles. The van der Waals surface area contributed by atoms with Crippen LogP contribution in [0.2, 0.25) is 0 Å². The van der Waals surface area contributed by atoms with E-state index in [-0.39, 0.29) is 24.0 Å². The van der Waals surface area contributed by atoms with E-state index in [2.05, 4.69) is 62.1 Å². The molecule has 1 aliphatic rings. The molecule has 1 fully saturated rings. The zero-order chi connectivity index (χ0) is 17.5. The second-order valence-electron chi connectivity index (χ2n) is 6.44. The Kier molecular flexibility index (Phi) is 8.64. The van der Waals surface area contributed by atoms with Crippen molar-refractivity contribution in [1.29, 1.82) is 0 Å². The highest BCUT2D eigenvalue weighted by Gasteiger charge is 2.13. The number of aromatic nitrogens is 1. The Morgan fingerprint density at radius 3 is 2.69 bits per heavy atom. The first-order valence-electron chi connectivity index (χ1n) is 8.94. The molecular weight excluding hydrogens is 457 g/mol. The van der Waals surface area contributed by atoms with Gasteiger partial charge in [-0.25, -0.2) is 4.98 Å². The highest BCUT2D eigenvalue weighted by molar-refractivity contribution is 14.0. The van der Waals surface area contributed by atoms with Gasteiger partial charge in [0.1, 0.15) is 5.82 Å². The molecule has 1 saturated heterocycles. The minimum absolute atomic E-state index is 0. The van der Waals surface area contributed by atoms with Gasteiger partial charge in [0.2, 0.25) is 0 Å². The Morgan fingerprint density at radius 1 is 1.27 bits per heavy atom. The number of rotatable bonds is 6. The lowest BCUT2D eigenvalue weighted by molar-refractivity contribution is 0.708.